The maximum atomic E-state index is 12.4. The predicted octanol–water partition coefficient (Wildman–Crippen LogP) is 4.70. The fourth-order valence-electron chi connectivity index (χ4n) is 4.06. The Morgan fingerprint density at radius 2 is 1.61 bits per heavy atom. The summed E-state index contributed by atoms with van der Waals surface area (Å²) >= 11 is 0. The largest absolute Gasteiger partial charge is 0.497 e. The van der Waals surface area contributed by atoms with E-state index >= 15 is 0 Å². The molecule has 0 spiro atoms. The fourth-order valence-corrected chi connectivity index (χ4v) is 4.06. The minimum Gasteiger partial charge on any atom is -0.497 e. The summed E-state index contributed by atoms with van der Waals surface area (Å²) in [6.45, 7) is 4.43. The number of rotatable bonds is 10. The van der Waals surface area contributed by atoms with E-state index in [4.69, 9.17) is 34.2 Å². The summed E-state index contributed by atoms with van der Waals surface area (Å²) in [5.41, 5.74) is 7.87. The number of esters is 1. The lowest BCUT2D eigenvalue weighted by molar-refractivity contribution is -0.136. The van der Waals surface area contributed by atoms with Crippen molar-refractivity contribution in [1.29, 1.82) is 5.26 Å². The topological polar surface area (TPSA) is 122 Å². The van der Waals surface area contributed by atoms with Gasteiger partial charge in [-0.3, -0.25) is 0 Å². The highest BCUT2D eigenvalue weighted by molar-refractivity contribution is 5.74. The minimum atomic E-state index is -0.595. The fraction of sp³-hybridized carbons (Fsp3) is 0.241. The molecule has 0 saturated carbocycles. The highest BCUT2D eigenvalue weighted by Gasteiger charge is 2.31. The molecule has 0 amide bonds. The van der Waals surface area contributed by atoms with Crippen LogP contribution in [0.2, 0.25) is 0 Å². The predicted molar refractivity (Wildman–Crippen MR) is 139 cm³/mol. The average molecular weight is 517 g/mol. The lowest BCUT2D eigenvalue weighted by Gasteiger charge is -2.27. The van der Waals surface area contributed by atoms with Crippen molar-refractivity contribution in [3.63, 3.8) is 0 Å². The second-order valence-corrected chi connectivity index (χ2v) is 8.13. The van der Waals surface area contributed by atoms with Gasteiger partial charge in [0.25, 0.3) is 0 Å². The average Bonchev–Trinajstić information content (AvgIpc) is 2.92. The van der Waals surface area contributed by atoms with E-state index in [2.05, 4.69) is 6.07 Å². The van der Waals surface area contributed by atoms with Crippen molar-refractivity contribution in [2.24, 2.45) is 5.73 Å². The summed E-state index contributed by atoms with van der Waals surface area (Å²) in [4.78, 5) is 12.4. The Bertz CT molecular complexity index is 1380. The van der Waals surface area contributed by atoms with Crippen molar-refractivity contribution in [1.82, 2.24) is 0 Å². The first-order valence-corrected chi connectivity index (χ1v) is 12.1. The van der Waals surface area contributed by atoms with E-state index in [1.54, 1.807) is 49.6 Å². The molecule has 0 fully saturated rings. The normalized spacial score (nSPS) is 14.0. The summed E-state index contributed by atoms with van der Waals surface area (Å²) in [6.07, 6.45) is 0. The molecule has 1 aliphatic rings. The number of nitriles is 1. The van der Waals surface area contributed by atoms with E-state index in [0.29, 0.717) is 47.5 Å². The first kappa shape index (κ1) is 26.2. The molecule has 1 aliphatic heterocycles. The van der Waals surface area contributed by atoms with E-state index in [0.717, 1.165) is 5.56 Å². The van der Waals surface area contributed by atoms with Gasteiger partial charge in [0.15, 0.2) is 18.1 Å². The van der Waals surface area contributed by atoms with Crippen molar-refractivity contribution in [3.05, 3.63) is 83.2 Å². The quantitative estimate of drug-likeness (QED) is 0.302. The van der Waals surface area contributed by atoms with Gasteiger partial charge < -0.3 is 34.2 Å². The van der Waals surface area contributed by atoms with Crippen LogP contribution in [-0.2, 0) is 4.79 Å². The van der Waals surface area contributed by atoms with Crippen LogP contribution in [0.15, 0.2) is 72.1 Å². The maximum Gasteiger partial charge on any atom is 0.349 e. The van der Waals surface area contributed by atoms with Gasteiger partial charge in [-0.2, -0.15) is 5.26 Å². The molecule has 9 heteroatoms. The third-order valence-corrected chi connectivity index (χ3v) is 5.74. The number of nitrogens with zero attached hydrogens (tertiary/aromatic N) is 1. The van der Waals surface area contributed by atoms with Crippen molar-refractivity contribution in [2.45, 2.75) is 19.8 Å². The monoisotopic (exact) mass is 516 g/mol. The van der Waals surface area contributed by atoms with Crippen LogP contribution in [0, 0.1) is 11.3 Å². The molecule has 4 rings (SSSR count). The second-order valence-electron chi connectivity index (χ2n) is 8.13. The van der Waals surface area contributed by atoms with Crippen molar-refractivity contribution >= 4 is 5.97 Å². The van der Waals surface area contributed by atoms with Crippen LogP contribution in [0.25, 0.3) is 0 Å². The highest BCUT2D eigenvalue weighted by atomic mass is 16.6. The van der Waals surface area contributed by atoms with Gasteiger partial charge in [-0.15, -0.1) is 0 Å². The molecular formula is C29H28N2O7. The van der Waals surface area contributed by atoms with E-state index in [-0.39, 0.29) is 23.8 Å². The molecule has 0 aliphatic carbocycles. The summed E-state index contributed by atoms with van der Waals surface area (Å²) in [5.74, 6) is 1.85. The lowest BCUT2D eigenvalue weighted by atomic mass is 9.83. The Morgan fingerprint density at radius 3 is 2.29 bits per heavy atom. The van der Waals surface area contributed by atoms with Crippen LogP contribution in [-0.4, -0.2) is 32.9 Å². The molecule has 3 aromatic rings. The molecule has 2 N–H and O–H groups in total. The Labute approximate surface area is 220 Å². The Balaban J connectivity index is 1.56. The van der Waals surface area contributed by atoms with Gasteiger partial charge in [0.2, 0.25) is 5.88 Å². The molecule has 9 nitrogen and oxygen atoms in total. The smallest absolute Gasteiger partial charge is 0.349 e. The number of ether oxygens (including phenoxy) is 6. The third-order valence-electron chi connectivity index (χ3n) is 5.74. The molecule has 1 atom stereocenters. The zero-order chi connectivity index (χ0) is 27.1. The van der Waals surface area contributed by atoms with Crippen molar-refractivity contribution in [2.75, 3.05) is 26.9 Å². The first-order valence-electron chi connectivity index (χ1n) is 12.1. The number of fused-ring (bicyclic) bond motifs is 1. The van der Waals surface area contributed by atoms with Gasteiger partial charge in [0, 0.05) is 11.6 Å². The van der Waals surface area contributed by atoms with Gasteiger partial charge in [-0.05, 0) is 61.9 Å². The number of benzene rings is 3. The summed E-state index contributed by atoms with van der Waals surface area (Å²) < 4.78 is 33.2. The number of carbonyl (C=O) groups excluding carboxylic acids is 1. The molecule has 1 heterocycles. The molecule has 0 bridgehead atoms. The SMILES string of the molecule is CCOc1ccc(C2C(C#N)=C(N)Oc3cc(OC(=O)COc4ccc(OC)cc4)ccc32)cc1OCC. The van der Waals surface area contributed by atoms with Gasteiger partial charge in [0.05, 0.1) is 26.2 Å². The van der Waals surface area contributed by atoms with E-state index in [9.17, 15) is 10.1 Å². The summed E-state index contributed by atoms with van der Waals surface area (Å²) in [6, 6.07) is 19.5. The molecule has 38 heavy (non-hydrogen) atoms. The Morgan fingerprint density at radius 1 is 0.921 bits per heavy atom. The van der Waals surface area contributed by atoms with Crippen LogP contribution in [0.1, 0.15) is 30.9 Å². The molecule has 0 aromatic heterocycles. The molecule has 1 unspecified atom stereocenters. The Kier molecular flexibility index (Phi) is 8.23. The van der Waals surface area contributed by atoms with E-state index < -0.39 is 11.9 Å². The van der Waals surface area contributed by atoms with Crippen LogP contribution in [0.5, 0.6) is 34.5 Å². The van der Waals surface area contributed by atoms with E-state index in [1.165, 1.54) is 0 Å². The van der Waals surface area contributed by atoms with Crippen molar-refractivity contribution in [3.8, 4) is 40.6 Å². The lowest BCUT2D eigenvalue weighted by Crippen LogP contribution is -2.22. The number of hydrogen-bond donors (Lipinski definition) is 1. The summed E-state index contributed by atoms with van der Waals surface area (Å²) in [5, 5.41) is 9.87. The minimum absolute atomic E-state index is 0.0249. The summed E-state index contributed by atoms with van der Waals surface area (Å²) in [7, 11) is 1.57. The third kappa shape index (κ3) is 5.76. The Hall–Kier alpha value is -4.84. The molecule has 3 aromatic carbocycles. The number of hydrogen-bond acceptors (Lipinski definition) is 9. The van der Waals surface area contributed by atoms with Crippen LogP contribution in [0.4, 0.5) is 0 Å². The standard InChI is InChI=1S/C29H28N2O7/c1-4-34-24-13-6-18(14-26(24)35-5-2)28-22-12-11-21(15-25(22)38-29(31)23(28)16-30)37-27(32)17-36-20-9-7-19(33-3)8-10-20/h6-15,28H,4-5,17,31H2,1-3H3. The van der Waals surface area contributed by atoms with E-state index in [1.807, 2.05) is 32.0 Å². The van der Waals surface area contributed by atoms with Gasteiger partial charge in [-0.1, -0.05) is 12.1 Å². The number of allylic oxidation sites excluding steroid dienone is 1. The molecular weight excluding hydrogens is 488 g/mol. The van der Waals surface area contributed by atoms with Crippen molar-refractivity contribution < 1.29 is 33.2 Å². The molecule has 0 saturated heterocycles. The zero-order valence-corrected chi connectivity index (χ0v) is 21.4. The highest BCUT2D eigenvalue weighted by Crippen LogP contribution is 2.45. The second kappa shape index (κ2) is 11.9. The first-order chi connectivity index (χ1) is 18.5. The number of carbonyl (C=O) groups is 1. The van der Waals surface area contributed by atoms with Gasteiger partial charge in [0.1, 0.15) is 34.6 Å². The number of methoxy groups -OCH3 is 1. The maximum absolute atomic E-state index is 12.4. The van der Waals surface area contributed by atoms with Crippen LogP contribution >= 0.6 is 0 Å². The van der Waals surface area contributed by atoms with Gasteiger partial charge in [-0.25, -0.2) is 4.79 Å². The van der Waals surface area contributed by atoms with Crippen LogP contribution < -0.4 is 34.2 Å². The van der Waals surface area contributed by atoms with Crippen LogP contribution in [0.3, 0.4) is 0 Å². The molecule has 196 valence electrons. The zero-order valence-electron chi connectivity index (χ0n) is 21.4. The molecule has 0 radical (unpaired) electrons. The number of nitrogens with two attached hydrogens (primary N) is 1. The van der Waals surface area contributed by atoms with Gasteiger partial charge >= 0.3 is 5.97 Å².